The Morgan fingerprint density at radius 2 is 1.15 bits per heavy atom. The number of thiophene rings is 1. The number of carbonyl (C=O) groups excluding carboxylic acids is 5. The van der Waals surface area contributed by atoms with E-state index in [1.165, 1.54) is 24.5 Å². The maximum absolute atomic E-state index is 13.2. The second-order valence-electron chi connectivity index (χ2n) is 15.2. The van der Waals surface area contributed by atoms with Crippen LogP contribution in [0.15, 0.2) is 72.8 Å². The van der Waals surface area contributed by atoms with E-state index in [1.54, 1.807) is 55.7 Å². The van der Waals surface area contributed by atoms with Gasteiger partial charge in [-0.2, -0.15) is 0 Å². The number of hydrogen-bond acceptors (Lipinski definition) is 12. The average molecular weight is 857 g/mol. The van der Waals surface area contributed by atoms with E-state index in [4.69, 9.17) is 40.0 Å². The van der Waals surface area contributed by atoms with Gasteiger partial charge in [0.05, 0.1) is 53.7 Å². The number of rotatable bonds is 15. The van der Waals surface area contributed by atoms with Crippen molar-refractivity contribution in [2.45, 2.75) is 71.6 Å². The largest absolute Gasteiger partial charge is 0.497 e. The van der Waals surface area contributed by atoms with Gasteiger partial charge in [0.15, 0.2) is 5.78 Å². The molecule has 0 bridgehead atoms. The van der Waals surface area contributed by atoms with Crippen molar-refractivity contribution in [2.24, 2.45) is 23.7 Å². The van der Waals surface area contributed by atoms with Crippen LogP contribution in [0.25, 0.3) is 6.08 Å². The molecule has 2 aliphatic rings. The number of allylic oxidation sites excluding steroid dienone is 1. The van der Waals surface area contributed by atoms with Crippen LogP contribution in [0, 0.1) is 37.5 Å². The van der Waals surface area contributed by atoms with E-state index in [9.17, 15) is 24.0 Å². The second-order valence-corrected chi connectivity index (χ2v) is 16.9. The first-order chi connectivity index (χ1) is 28.9. The summed E-state index contributed by atoms with van der Waals surface area (Å²) in [5, 5.41) is 0. The molecule has 6 rings (SSSR count). The van der Waals surface area contributed by atoms with E-state index in [0.717, 1.165) is 22.4 Å². The molecule has 0 amide bonds. The van der Waals surface area contributed by atoms with Crippen LogP contribution in [0.5, 0.6) is 28.7 Å². The van der Waals surface area contributed by atoms with Crippen molar-refractivity contribution in [1.82, 2.24) is 0 Å². The first kappa shape index (κ1) is 44.1. The number of halogens is 1. The summed E-state index contributed by atoms with van der Waals surface area (Å²) in [6, 6.07) is 19.1. The zero-order valence-corrected chi connectivity index (χ0v) is 35.7. The molecule has 11 nitrogen and oxygen atoms in total. The number of benzene rings is 3. The van der Waals surface area contributed by atoms with Gasteiger partial charge >= 0.3 is 23.9 Å². The van der Waals surface area contributed by atoms with E-state index in [2.05, 4.69) is 0 Å². The van der Waals surface area contributed by atoms with Gasteiger partial charge < -0.3 is 28.4 Å². The van der Waals surface area contributed by atoms with Crippen molar-refractivity contribution < 1.29 is 52.4 Å². The van der Waals surface area contributed by atoms with Crippen LogP contribution >= 0.6 is 22.9 Å². The Morgan fingerprint density at radius 3 is 1.72 bits per heavy atom. The topological polar surface area (TPSA) is 141 Å². The molecule has 0 unspecified atom stereocenters. The van der Waals surface area contributed by atoms with Crippen molar-refractivity contribution in [3.8, 4) is 28.7 Å². The molecular weight excluding hydrogens is 808 g/mol. The average Bonchev–Trinajstić information content (AvgIpc) is 3.71. The number of hydrogen-bond donors (Lipinski definition) is 0. The van der Waals surface area contributed by atoms with Gasteiger partial charge in [0.1, 0.15) is 28.7 Å². The quantitative estimate of drug-likeness (QED) is 0.0488. The molecular formula is C47H49ClO11S. The van der Waals surface area contributed by atoms with Crippen molar-refractivity contribution in [1.29, 1.82) is 0 Å². The lowest BCUT2D eigenvalue weighted by atomic mass is 9.82. The fraction of sp³-hybridized carbons (Fsp3) is 0.383. The van der Waals surface area contributed by atoms with E-state index in [0.29, 0.717) is 95.6 Å². The van der Waals surface area contributed by atoms with Gasteiger partial charge in [-0.25, -0.2) is 0 Å². The first-order valence-electron chi connectivity index (χ1n) is 20.1. The van der Waals surface area contributed by atoms with Crippen molar-refractivity contribution in [2.75, 3.05) is 20.8 Å². The number of ether oxygens (including phenoxy) is 6. The van der Waals surface area contributed by atoms with Crippen LogP contribution < -0.4 is 23.7 Å². The van der Waals surface area contributed by atoms with E-state index in [1.807, 2.05) is 38.1 Å². The van der Waals surface area contributed by atoms with Crippen LogP contribution in [0.4, 0.5) is 0 Å². The molecule has 0 aliphatic heterocycles. The molecule has 60 heavy (non-hydrogen) atoms. The Morgan fingerprint density at radius 1 is 0.617 bits per heavy atom. The lowest BCUT2D eigenvalue weighted by molar-refractivity contribution is -0.152. The molecule has 2 saturated carbocycles. The third-order valence-corrected chi connectivity index (χ3v) is 12.4. The zero-order chi connectivity index (χ0) is 42.8. The molecule has 0 N–H and O–H groups in total. The van der Waals surface area contributed by atoms with Crippen LogP contribution in [-0.2, 0) is 30.3 Å². The predicted octanol–water partition coefficient (Wildman–Crippen LogP) is 9.75. The fourth-order valence-electron chi connectivity index (χ4n) is 7.49. The maximum Gasteiger partial charge on any atom is 0.314 e. The second kappa shape index (κ2) is 20.7. The minimum atomic E-state index is -0.403. The van der Waals surface area contributed by atoms with Gasteiger partial charge in [-0.15, -0.1) is 11.3 Å². The molecule has 0 spiro atoms. The summed E-state index contributed by atoms with van der Waals surface area (Å²) in [6.45, 7) is 3.98. The lowest BCUT2D eigenvalue weighted by Gasteiger charge is -2.26. The molecule has 13 heteroatoms. The number of carbonyl (C=O) groups is 5. The summed E-state index contributed by atoms with van der Waals surface area (Å²) in [4.78, 5) is 65.1. The van der Waals surface area contributed by atoms with Gasteiger partial charge in [-0.3, -0.25) is 24.0 Å². The lowest BCUT2D eigenvalue weighted by Crippen LogP contribution is -2.30. The minimum Gasteiger partial charge on any atom is -0.497 e. The standard InChI is InChI=1S/C47H49ClO11S/c1-28-26-41(29(2)25-40(28)55-4)59-47(53)34-9-7-31(8-10-34)44(50)56-24-23-30-5-16-36(17-6-30)57-45(51)32-11-13-33(14-12-32)46(52)58-39-20-18-37(54-3)27-35(39)15-19-38(49)42-21-22-43(48)60-42/h5-6,15-22,25-27,31-34H,7-14,23-24H2,1-4H3/b19-15+. The summed E-state index contributed by atoms with van der Waals surface area (Å²) >= 11 is 7.16. The zero-order valence-electron chi connectivity index (χ0n) is 34.2. The van der Waals surface area contributed by atoms with Crippen molar-refractivity contribution in [3.63, 3.8) is 0 Å². The predicted molar refractivity (Wildman–Crippen MR) is 227 cm³/mol. The molecule has 316 valence electrons. The van der Waals surface area contributed by atoms with E-state index >= 15 is 0 Å². The molecule has 1 heterocycles. The number of methoxy groups -OCH3 is 2. The van der Waals surface area contributed by atoms with Crippen LogP contribution in [0.2, 0.25) is 4.34 Å². The highest BCUT2D eigenvalue weighted by atomic mass is 35.5. The molecule has 2 fully saturated rings. The molecule has 0 radical (unpaired) electrons. The highest BCUT2D eigenvalue weighted by Gasteiger charge is 2.34. The molecule has 2 aliphatic carbocycles. The summed E-state index contributed by atoms with van der Waals surface area (Å²) < 4.78 is 34.0. The smallest absolute Gasteiger partial charge is 0.314 e. The molecule has 4 aromatic rings. The van der Waals surface area contributed by atoms with E-state index < -0.39 is 11.9 Å². The van der Waals surface area contributed by atoms with Gasteiger partial charge in [0, 0.05) is 12.0 Å². The van der Waals surface area contributed by atoms with Crippen LogP contribution in [0.3, 0.4) is 0 Å². The van der Waals surface area contributed by atoms with Gasteiger partial charge in [-0.05, 0) is 149 Å². The van der Waals surface area contributed by atoms with Crippen molar-refractivity contribution in [3.05, 3.63) is 104 Å². The Kier molecular flexibility index (Phi) is 15.2. The molecule has 3 aromatic carbocycles. The van der Waals surface area contributed by atoms with Gasteiger partial charge in [0.2, 0.25) is 0 Å². The van der Waals surface area contributed by atoms with Crippen molar-refractivity contribution >= 4 is 58.7 Å². The summed E-state index contributed by atoms with van der Waals surface area (Å²) in [7, 11) is 3.13. The number of ketones is 1. The summed E-state index contributed by atoms with van der Waals surface area (Å²) in [5.74, 6) is -0.279. The minimum absolute atomic E-state index is 0.211. The molecule has 0 atom stereocenters. The summed E-state index contributed by atoms with van der Waals surface area (Å²) in [5.41, 5.74) is 3.14. The highest BCUT2D eigenvalue weighted by molar-refractivity contribution is 7.18. The SMILES string of the molecule is COc1ccc(OC(=O)C2CCC(C(=O)Oc3ccc(CCOC(=O)C4CCC(C(=O)Oc5cc(C)c(OC)cc5C)CC4)cc3)CC2)c(/C=C/C(=O)c2ccc(Cl)s2)c1. The molecule has 0 saturated heterocycles. The van der Waals surface area contributed by atoms with Gasteiger partial charge in [0.25, 0.3) is 0 Å². The first-order valence-corrected chi connectivity index (χ1v) is 21.3. The third kappa shape index (κ3) is 11.6. The Balaban J connectivity index is 0.894. The maximum atomic E-state index is 13.2. The van der Waals surface area contributed by atoms with Crippen LogP contribution in [0.1, 0.15) is 83.3 Å². The third-order valence-electron chi connectivity index (χ3n) is 11.1. The number of aryl methyl sites for hydroxylation is 2. The van der Waals surface area contributed by atoms with Gasteiger partial charge in [-0.1, -0.05) is 23.7 Å². The summed E-state index contributed by atoms with van der Waals surface area (Å²) in [6.07, 6.45) is 7.61. The Labute approximate surface area is 358 Å². The number of esters is 4. The molecule has 1 aromatic heterocycles. The monoisotopic (exact) mass is 856 g/mol. The normalized spacial score (nSPS) is 18.9. The Hall–Kier alpha value is -5.46. The Bertz CT molecular complexity index is 2210. The van der Waals surface area contributed by atoms with Crippen LogP contribution in [-0.4, -0.2) is 50.5 Å². The fourth-order valence-corrected chi connectivity index (χ4v) is 8.45. The highest BCUT2D eigenvalue weighted by Crippen LogP contribution is 2.35. The van der Waals surface area contributed by atoms with E-state index in [-0.39, 0.29) is 48.1 Å².